The lowest BCUT2D eigenvalue weighted by atomic mass is 9.92. The van der Waals surface area contributed by atoms with Crippen LogP contribution in [-0.4, -0.2) is 37.3 Å². The minimum Gasteiger partial charge on any atom is -0.379 e. The van der Waals surface area contributed by atoms with Crippen molar-refractivity contribution in [2.75, 3.05) is 7.11 Å². The first-order chi connectivity index (χ1) is 16.7. The van der Waals surface area contributed by atoms with Gasteiger partial charge in [-0.1, -0.05) is 43.2 Å². The van der Waals surface area contributed by atoms with Crippen molar-refractivity contribution in [1.82, 2.24) is 24.1 Å². The van der Waals surface area contributed by atoms with Crippen molar-refractivity contribution in [2.45, 2.75) is 44.4 Å². The number of rotatable bonds is 5. The van der Waals surface area contributed by atoms with E-state index in [0.29, 0.717) is 12.1 Å². The van der Waals surface area contributed by atoms with Crippen LogP contribution in [-0.2, 0) is 11.3 Å². The number of ether oxygens (including phenoxy) is 1. The highest BCUT2D eigenvalue weighted by atomic mass is 16.5. The molecule has 3 aromatic rings. The third kappa shape index (κ3) is 3.53. The van der Waals surface area contributed by atoms with Gasteiger partial charge in [-0.3, -0.25) is 4.79 Å². The Morgan fingerprint density at radius 1 is 1.03 bits per heavy atom. The molecule has 2 aromatic carbocycles. The van der Waals surface area contributed by atoms with Crippen molar-refractivity contribution in [3.63, 3.8) is 0 Å². The third-order valence-corrected chi connectivity index (χ3v) is 7.00. The molecule has 2 atom stereocenters. The van der Waals surface area contributed by atoms with Gasteiger partial charge in [0.2, 0.25) is 0 Å². The van der Waals surface area contributed by atoms with Crippen LogP contribution in [0.2, 0.25) is 0 Å². The summed E-state index contributed by atoms with van der Waals surface area (Å²) in [6, 6.07) is 18.4. The average molecular weight is 454 g/mol. The molecule has 1 unspecified atom stereocenters. The predicted octanol–water partition coefficient (Wildman–Crippen LogP) is 4.67. The minimum atomic E-state index is -0.0301. The zero-order valence-electron chi connectivity index (χ0n) is 19.2. The van der Waals surface area contributed by atoms with Crippen molar-refractivity contribution < 1.29 is 4.74 Å². The molecule has 7 heteroatoms. The van der Waals surface area contributed by atoms with E-state index in [1.54, 1.807) is 18.0 Å². The van der Waals surface area contributed by atoms with Gasteiger partial charge in [0.05, 0.1) is 28.9 Å². The number of nitrogens with zero attached hydrogens (tertiary/aromatic N) is 5. The van der Waals surface area contributed by atoms with E-state index in [9.17, 15) is 4.79 Å². The maximum absolute atomic E-state index is 13.5. The fourth-order valence-corrected chi connectivity index (χ4v) is 5.26. The van der Waals surface area contributed by atoms with Gasteiger partial charge in [-0.2, -0.15) is 10.2 Å². The lowest BCUT2D eigenvalue weighted by molar-refractivity contribution is 0.0236. The fraction of sp³-hybridized carbons (Fsp3) is 0.296. The molecule has 6 rings (SSSR count). The van der Waals surface area contributed by atoms with Gasteiger partial charge in [-0.15, -0.1) is 0 Å². The smallest absolute Gasteiger partial charge is 0.278 e. The molecule has 3 aliphatic rings. The Balaban J connectivity index is 1.43. The topological polar surface area (TPSA) is 66.9 Å². The molecule has 1 saturated carbocycles. The molecule has 0 amide bonds. The zero-order chi connectivity index (χ0) is 23.1. The van der Waals surface area contributed by atoms with E-state index in [1.807, 2.05) is 35.3 Å². The highest BCUT2D eigenvalue weighted by molar-refractivity contribution is 5.93. The zero-order valence-corrected chi connectivity index (χ0v) is 19.2. The van der Waals surface area contributed by atoms with Crippen molar-refractivity contribution in [2.24, 2.45) is 0 Å². The standard InChI is InChI=1S/C27H27N5O2/c1-34-25-10-5-4-9-24(25)32-27(33)22-18-30(23-8-3-2-7-21(23)26(22)29-32)17-19-11-13-20(14-12-19)31-16-6-15-28-31/h2-3,6-8,11-16,18,24-25H,4-5,9-10,17H2,1H3/t24?,25-/m1/s1. The summed E-state index contributed by atoms with van der Waals surface area (Å²) < 4.78 is 11.4. The molecule has 0 radical (unpaired) electrons. The third-order valence-electron chi connectivity index (χ3n) is 7.00. The second kappa shape index (κ2) is 8.57. The Kier molecular flexibility index (Phi) is 5.26. The number of benzene rings is 2. The maximum atomic E-state index is 13.5. The minimum absolute atomic E-state index is 0.0132. The maximum Gasteiger partial charge on any atom is 0.278 e. The Hall–Kier alpha value is -3.71. The number of methoxy groups -OCH3 is 1. The molecule has 3 heterocycles. The molecule has 1 aliphatic carbocycles. The summed E-state index contributed by atoms with van der Waals surface area (Å²) in [7, 11) is 1.73. The van der Waals surface area contributed by atoms with Crippen LogP contribution < -0.4 is 5.56 Å². The van der Waals surface area contributed by atoms with Crippen molar-refractivity contribution in [1.29, 1.82) is 0 Å². The van der Waals surface area contributed by atoms with Gasteiger partial charge >= 0.3 is 0 Å². The lowest BCUT2D eigenvalue weighted by Crippen LogP contribution is -2.34. The molecule has 2 aliphatic heterocycles. The number of aromatic nitrogens is 5. The Morgan fingerprint density at radius 3 is 2.65 bits per heavy atom. The monoisotopic (exact) mass is 453 g/mol. The number of hydrogen-bond donors (Lipinski definition) is 0. The summed E-state index contributed by atoms with van der Waals surface area (Å²) in [4.78, 5) is 13.5. The molecule has 0 saturated heterocycles. The highest BCUT2D eigenvalue weighted by Crippen LogP contribution is 2.33. The van der Waals surface area contributed by atoms with E-state index in [0.717, 1.165) is 53.5 Å². The lowest BCUT2D eigenvalue weighted by Gasteiger charge is -2.29. The van der Waals surface area contributed by atoms with Crippen molar-refractivity contribution in [3.8, 4) is 16.9 Å². The second-order valence-corrected chi connectivity index (χ2v) is 9.03. The number of fused-ring (bicyclic) bond motifs is 3. The molecule has 172 valence electrons. The van der Waals surface area contributed by atoms with E-state index in [4.69, 9.17) is 9.84 Å². The molecular formula is C27H27N5O2. The van der Waals surface area contributed by atoms with E-state index < -0.39 is 0 Å². The Labute approximate surface area is 197 Å². The summed E-state index contributed by atoms with van der Waals surface area (Å²) in [5.41, 5.74) is 4.62. The summed E-state index contributed by atoms with van der Waals surface area (Å²) in [5, 5.41) is 10.1. The van der Waals surface area contributed by atoms with Crippen LogP contribution in [0, 0.1) is 0 Å². The van der Waals surface area contributed by atoms with Gasteiger partial charge in [0.15, 0.2) is 0 Å². The molecule has 1 fully saturated rings. The van der Waals surface area contributed by atoms with Crippen LogP contribution in [0.3, 0.4) is 0 Å². The Morgan fingerprint density at radius 2 is 1.85 bits per heavy atom. The summed E-state index contributed by atoms with van der Waals surface area (Å²) >= 11 is 0. The van der Waals surface area contributed by atoms with Gasteiger partial charge in [-0.05, 0) is 42.7 Å². The highest BCUT2D eigenvalue weighted by Gasteiger charge is 2.31. The van der Waals surface area contributed by atoms with Crippen LogP contribution in [0.25, 0.3) is 27.8 Å². The van der Waals surface area contributed by atoms with Crippen LogP contribution >= 0.6 is 0 Å². The molecule has 7 nitrogen and oxygen atoms in total. The van der Waals surface area contributed by atoms with Crippen molar-refractivity contribution in [3.05, 3.63) is 89.1 Å². The van der Waals surface area contributed by atoms with Crippen LogP contribution in [0.4, 0.5) is 0 Å². The van der Waals surface area contributed by atoms with Crippen LogP contribution in [0.5, 0.6) is 0 Å². The van der Waals surface area contributed by atoms with Gasteiger partial charge in [-0.25, -0.2) is 9.36 Å². The number of hydrogen-bond acceptors (Lipinski definition) is 4. The second-order valence-electron chi connectivity index (χ2n) is 9.03. The van der Waals surface area contributed by atoms with Gasteiger partial charge in [0.25, 0.3) is 5.56 Å². The number of pyridine rings is 1. The van der Waals surface area contributed by atoms with Crippen LogP contribution in [0.15, 0.2) is 78.0 Å². The summed E-state index contributed by atoms with van der Waals surface area (Å²) in [5.74, 6) is 0. The van der Waals surface area contributed by atoms with Crippen LogP contribution in [0.1, 0.15) is 37.3 Å². The predicted molar refractivity (Wildman–Crippen MR) is 132 cm³/mol. The SMILES string of the molecule is CO[C@@H]1CCCCC1n1nc2c3ccccc3n(Cc3ccc(-n4cccn4)cc3)cc-2c1=O. The van der Waals surface area contributed by atoms with E-state index in [2.05, 4.69) is 46.1 Å². The first kappa shape index (κ1) is 20.9. The molecule has 0 bridgehead atoms. The number of para-hydroxylation sites is 1. The van der Waals surface area contributed by atoms with E-state index >= 15 is 0 Å². The molecular weight excluding hydrogens is 426 g/mol. The fourth-order valence-electron chi connectivity index (χ4n) is 5.26. The quantitative estimate of drug-likeness (QED) is 0.388. The van der Waals surface area contributed by atoms with E-state index in [1.165, 1.54) is 0 Å². The van der Waals surface area contributed by atoms with Gasteiger partial charge < -0.3 is 9.30 Å². The molecule has 0 spiro atoms. The largest absolute Gasteiger partial charge is 0.379 e. The summed E-state index contributed by atoms with van der Waals surface area (Å²) in [6.45, 7) is 0.657. The first-order valence-electron chi connectivity index (χ1n) is 11.8. The Bertz CT molecular complexity index is 1450. The van der Waals surface area contributed by atoms with E-state index in [-0.39, 0.29) is 17.7 Å². The molecule has 0 N–H and O–H groups in total. The molecule has 34 heavy (non-hydrogen) atoms. The molecule has 1 aromatic heterocycles. The van der Waals surface area contributed by atoms with Gasteiger partial charge in [0, 0.05) is 37.6 Å². The first-order valence-corrected chi connectivity index (χ1v) is 11.8. The normalized spacial score (nSPS) is 18.6. The summed E-state index contributed by atoms with van der Waals surface area (Å²) in [6.07, 6.45) is 9.81. The average Bonchev–Trinajstić information content (AvgIpc) is 3.54. The van der Waals surface area contributed by atoms with Gasteiger partial charge in [0.1, 0.15) is 5.69 Å². The van der Waals surface area contributed by atoms with Crippen molar-refractivity contribution >= 4 is 10.9 Å².